The van der Waals surface area contributed by atoms with Gasteiger partial charge in [-0.1, -0.05) is 29.8 Å². The molecule has 2 atom stereocenters. The Labute approximate surface area is 170 Å². The molecule has 1 amide bonds. The maximum Gasteiger partial charge on any atom is 0.254 e. The van der Waals surface area contributed by atoms with E-state index in [1.54, 1.807) is 17.1 Å². The van der Waals surface area contributed by atoms with E-state index in [0.29, 0.717) is 12.1 Å². The van der Waals surface area contributed by atoms with Crippen molar-refractivity contribution in [3.05, 3.63) is 46.7 Å². The molecule has 0 aliphatic carbocycles. The summed E-state index contributed by atoms with van der Waals surface area (Å²) in [6, 6.07) is 7.84. The second kappa shape index (κ2) is 9.51. The van der Waals surface area contributed by atoms with Crippen LogP contribution in [0.2, 0.25) is 0 Å². The molecule has 0 bridgehead atoms. The summed E-state index contributed by atoms with van der Waals surface area (Å²) >= 11 is 3.42. The maximum atomic E-state index is 12.3. The number of unbranched alkanes of at least 4 members (excludes halogenated alkanes) is 1. The highest BCUT2D eigenvalue weighted by Crippen LogP contribution is 2.21. The van der Waals surface area contributed by atoms with Crippen LogP contribution in [0.1, 0.15) is 43.5 Å². The average molecular weight is 433 g/mol. The molecule has 1 saturated heterocycles. The fourth-order valence-corrected chi connectivity index (χ4v) is 4.18. The minimum atomic E-state index is -0.0569. The van der Waals surface area contributed by atoms with Crippen LogP contribution in [0, 0.1) is 11.8 Å². The molecule has 1 fully saturated rings. The molecule has 2 aromatic rings. The number of carbonyl (C=O) groups is 1. The smallest absolute Gasteiger partial charge is 0.254 e. The Balaban J connectivity index is 1.39. The molecule has 27 heavy (non-hydrogen) atoms. The van der Waals surface area contributed by atoms with E-state index in [0.717, 1.165) is 41.4 Å². The second-order valence-corrected chi connectivity index (χ2v) is 8.73. The minimum absolute atomic E-state index is 0.0569. The van der Waals surface area contributed by atoms with Gasteiger partial charge in [0.2, 0.25) is 0 Å². The first kappa shape index (κ1) is 20.1. The number of amides is 1. The van der Waals surface area contributed by atoms with Crippen molar-refractivity contribution in [3.8, 4) is 5.69 Å². The van der Waals surface area contributed by atoms with Gasteiger partial charge in [-0.3, -0.25) is 4.79 Å². The van der Waals surface area contributed by atoms with Gasteiger partial charge in [0.25, 0.3) is 5.91 Å². The van der Waals surface area contributed by atoms with E-state index in [4.69, 9.17) is 0 Å². The van der Waals surface area contributed by atoms with E-state index in [1.165, 1.54) is 19.5 Å². The predicted octanol–water partition coefficient (Wildman–Crippen LogP) is 4.12. The Morgan fingerprint density at radius 2 is 1.89 bits per heavy atom. The van der Waals surface area contributed by atoms with E-state index >= 15 is 0 Å². The van der Waals surface area contributed by atoms with Crippen molar-refractivity contribution in [3.63, 3.8) is 0 Å². The quantitative estimate of drug-likeness (QED) is 0.669. The van der Waals surface area contributed by atoms with Crippen LogP contribution < -0.4 is 5.32 Å². The number of hydrogen-bond donors (Lipinski definition) is 1. The lowest BCUT2D eigenvalue weighted by Gasteiger charge is -2.34. The number of hydrogen-bond acceptors (Lipinski definition) is 3. The Morgan fingerprint density at radius 3 is 2.59 bits per heavy atom. The van der Waals surface area contributed by atoms with Crippen LogP contribution >= 0.6 is 15.9 Å². The van der Waals surface area contributed by atoms with Gasteiger partial charge in [0.1, 0.15) is 0 Å². The summed E-state index contributed by atoms with van der Waals surface area (Å²) in [6.45, 7) is 8.96. The standard InChI is InChI=1S/C21H29BrN4O/c1-16-11-17(2)14-25(13-16)10-4-3-9-23-21(27)18-12-24-26(15-18)20-7-5-19(22)6-8-20/h5-8,12,15-17H,3-4,9-11,13-14H2,1-2H3,(H,23,27). The van der Waals surface area contributed by atoms with Gasteiger partial charge in [0.05, 0.1) is 17.4 Å². The average Bonchev–Trinajstić information content (AvgIpc) is 3.11. The van der Waals surface area contributed by atoms with Crippen molar-refractivity contribution < 1.29 is 4.79 Å². The van der Waals surface area contributed by atoms with Crippen molar-refractivity contribution in [1.29, 1.82) is 0 Å². The lowest BCUT2D eigenvalue weighted by atomic mass is 9.92. The number of nitrogens with one attached hydrogen (secondary N) is 1. The zero-order chi connectivity index (χ0) is 19.2. The molecule has 3 rings (SSSR count). The van der Waals surface area contributed by atoms with Crippen molar-refractivity contribution >= 4 is 21.8 Å². The molecule has 6 heteroatoms. The molecule has 1 aromatic carbocycles. The van der Waals surface area contributed by atoms with Crippen molar-refractivity contribution in [2.24, 2.45) is 11.8 Å². The lowest BCUT2D eigenvalue weighted by molar-refractivity contribution is 0.0951. The first-order valence-electron chi connectivity index (χ1n) is 9.82. The summed E-state index contributed by atoms with van der Waals surface area (Å²) in [5.41, 5.74) is 1.53. The van der Waals surface area contributed by atoms with Crippen molar-refractivity contribution in [2.75, 3.05) is 26.2 Å². The Kier molecular flexibility index (Phi) is 7.07. The Hall–Kier alpha value is -1.66. The van der Waals surface area contributed by atoms with Gasteiger partial charge in [-0.25, -0.2) is 4.68 Å². The molecular formula is C21H29BrN4O. The fourth-order valence-electron chi connectivity index (χ4n) is 3.91. The molecule has 0 spiro atoms. The van der Waals surface area contributed by atoms with Crippen LogP contribution in [0.3, 0.4) is 0 Å². The van der Waals surface area contributed by atoms with Crippen LogP contribution in [-0.4, -0.2) is 46.8 Å². The number of carbonyl (C=O) groups excluding carboxylic acids is 1. The highest BCUT2D eigenvalue weighted by molar-refractivity contribution is 9.10. The monoisotopic (exact) mass is 432 g/mol. The highest BCUT2D eigenvalue weighted by Gasteiger charge is 2.21. The molecule has 1 aliphatic rings. The second-order valence-electron chi connectivity index (χ2n) is 7.82. The van der Waals surface area contributed by atoms with Crippen LogP contribution in [0.4, 0.5) is 0 Å². The van der Waals surface area contributed by atoms with E-state index in [1.807, 2.05) is 24.3 Å². The summed E-state index contributed by atoms with van der Waals surface area (Å²) in [4.78, 5) is 14.9. The first-order chi connectivity index (χ1) is 13.0. The summed E-state index contributed by atoms with van der Waals surface area (Å²) in [6.07, 6.45) is 6.87. The lowest BCUT2D eigenvalue weighted by Crippen LogP contribution is -2.39. The molecule has 1 N–H and O–H groups in total. The molecule has 2 unspecified atom stereocenters. The van der Waals surface area contributed by atoms with Gasteiger partial charge in [-0.05, 0) is 61.9 Å². The van der Waals surface area contributed by atoms with Crippen molar-refractivity contribution in [1.82, 2.24) is 20.0 Å². The number of benzene rings is 1. The number of halogens is 1. The van der Waals surface area contributed by atoms with Crippen LogP contribution in [0.25, 0.3) is 5.69 Å². The number of aromatic nitrogens is 2. The first-order valence-corrected chi connectivity index (χ1v) is 10.6. The normalized spacial score (nSPS) is 20.6. The molecule has 2 heterocycles. The zero-order valence-electron chi connectivity index (χ0n) is 16.2. The summed E-state index contributed by atoms with van der Waals surface area (Å²) in [5, 5.41) is 7.30. The van der Waals surface area contributed by atoms with Gasteiger partial charge >= 0.3 is 0 Å². The Morgan fingerprint density at radius 1 is 1.19 bits per heavy atom. The van der Waals surface area contributed by atoms with E-state index < -0.39 is 0 Å². The Bertz CT molecular complexity index is 733. The molecule has 1 aliphatic heterocycles. The van der Waals surface area contributed by atoms with Crippen LogP contribution in [0.5, 0.6) is 0 Å². The molecule has 0 saturated carbocycles. The molecule has 5 nitrogen and oxygen atoms in total. The largest absolute Gasteiger partial charge is 0.352 e. The maximum absolute atomic E-state index is 12.3. The number of piperidine rings is 1. The van der Waals surface area contributed by atoms with Crippen LogP contribution in [0.15, 0.2) is 41.1 Å². The molecular weight excluding hydrogens is 404 g/mol. The topological polar surface area (TPSA) is 50.2 Å². The SMILES string of the molecule is CC1CC(C)CN(CCCCNC(=O)c2cnn(-c3ccc(Br)cc3)c2)C1. The number of likely N-dealkylation sites (tertiary alicyclic amines) is 1. The van der Waals surface area contributed by atoms with Gasteiger partial charge in [-0.15, -0.1) is 0 Å². The summed E-state index contributed by atoms with van der Waals surface area (Å²) < 4.78 is 2.74. The summed E-state index contributed by atoms with van der Waals surface area (Å²) in [7, 11) is 0. The molecule has 1 aromatic heterocycles. The van der Waals surface area contributed by atoms with E-state index in [2.05, 4.69) is 45.1 Å². The van der Waals surface area contributed by atoms with Crippen molar-refractivity contribution in [2.45, 2.75) is 33.1 Å². The molecule has 146 valence electrons. The zero-order valence-corrected chi connectivity index (χ0v) is 17.8. The van der Waals surface area contributed by atoms with Gasteiger partial charge in [-0.2, -0.15) is 5.10 Å². The third-order valence-corrected chi connectivity index (χ3v) is 5.60. The van der Waals surface area contributed by atoms with Gasteiger partial charge in [0.15, 0.2) is 0 Å². The van der Waals surface area contributed by atoms with E-state index in [9.17, 15) is 4.79 Å². The number of rotatable bonds is 7. The van der Waals surface area contributed by atoms with Gasteiger partial charge < -0.3 is 10.2 Å². The summed E-state index contributed by atoms with van der Waals surface area (Å²) in [5.74, 6) is 1.55. The van der Waals surface area contributed by atoms with Gasteiger partial charge in [0, 0.05) is 30.3 Å². The molecule has 0 radical (unpaired) electrons. The third kappa shape index (κ3) is 5.91. The fraction of sp³-hybridized carbons (Fsp3) is 0.524. The third-order valence-electron chi connectivity index (χ3n) is 5.07. The van der Waals surface area contributed by atoms with Crippen LogP contribution in [-0.2, 0) is 0 Å². The number of nitrogens with zero attached hydrogens (tertiary/aromatic N) is 3. The van der Waals surface area contributed by atoms with E-state index in [-0.39, 0.29) is 5.91 Å². The highest BCUT2D eigenvalue weighted by atomic mass is 79.9. The predicted molar refractivity (Wildman–Crippen MR) is 112 cm³/mol. The minimum Gasteiger partial charge on any atom is -0.352 e.